The summed E-state index contributed by atoms with van der Waals surface area (Å²) in [4.78, 5) is 33.7. The van der Waals surface area contributed by atoms with Crippen molar-refractivity contribution >= 4 is 11.9 Å². The van der Waals surface area contributed by atoms with E-state index in [0.717, 1.165) is 38.8 Å². The molecular formula is C18H29N5O3. The van der Waals surface area contributed by atoms with E-state index in [0.29, 0.717) is 37.9 Å². The molecule has 26 heavy (non-hydrogen) atoms. The number of aromatic nitrogens is 2. The third kappa shape index (κ3) is 4.42. The highest BCUT2D eigenvalue weighted by molar-refractivity contribution is 5.86. The first-order valence-electron chi connectivity index (χ1n) is 9.53. The fourth-order valence-electron chi connectivity index (χ4n) is 4.00. The molecule has 2 fully saturated rings. The van der Waals surface area contributed by atoms with Gasteiger partial charge in [0.15, 0.2) is 0 Å². The predicted octanol–water partition coefficient (Wildman–Crippen LogP) is 0.642. The van der Waals surface area contributed by atoms with Gasteiger partial charge in [0.1, 0.15) is 5.54 Å². The van der Waals surface area contributed by atoms with Crippen molar-refractivity contribution in [2.24, 2.45) is 0 Å². The first kappa shape index (κ1) is 18.8. The smallest absolute Gasteiger partial charge is 0.252 e. The SMILES string of the molecule is Cc1cc(=O)[nH]c(NCCNC(=O)C2(N3CCOCC3)CCCCC2)n1. The van der Waals surface area contributed by atoms with Crippen LogP contribution in [0, 0.1) is 6.92 Å². The van der Waals surface area contributed by atoms with E-state index in [4.69, 9.17) is 4.74 Å². The van der Waals surface area contributed by atoms with Gasteiger partial charge in [-0.15, -0.1) is 0 Å². The number of carbonyl (C=O) groups excluding carboxylic acids is 1. The highest BCUT2D eigenvalue weighted by Crippen LogP contribution is 2.34. The number of amides is 1. The van der Waals surface area contributed by atoms with Gasteiger partial charge in [0.25, 0.3) is 5.56 Å². The summed E-state index contributed by atoms with van der Waals surface area (Å²) < 4.78 is 5.46. The molecule has 3 rings (SSSR count). The van der Waals surface area contributed by atoms with Crippen molar-refractivity contribution < 1.29 is 9.53 Å². The van der Waals surface area contributed by atoms with Gasteiger partial charge in [-0.1, -0.05) is 19.3 Å². The van der Waals surface area contributed by atoms with E-state index in [1.807, 2.05) is 0 Å². The van der Waals surface area contributed by atoms with Crippen LogP contribution in [-0.2, 0) is 9.53 Å². The number of carbonyl (C=O) groups is 1. The van der Waals surface area contributed by atoms with Crippen LogP contribution < -0.4 is 16.2 Å². The second kappa shape index (κ2) is 8.64. The Morgan fingerprint density at radius 1 is 1.27 bits per heavy atom. The molecule has 0 radical (unpaired) electrons. The first-order valence-corrected chi connectivity index (χ1v) is 9.53. The molecule has 0 spiro atoms. The topological polar surface area (TPSA) is 99.4 Å². The van der Waals surface area contributed by atoms with E-state index >= 15 is 0 Å². The van der Waals surface area contributed by atoms with Crippen molar-refractivity contribution in [3.63, 3.8) is 0 Å². The minimum atomic E-state index is -0.391. The molecule has 0 atom stereocenters. The Morgan fingerprint density at radius 2 is 2.00 bits per heavy atom. The van der Waals surface area contributed by atoms with Gasteiger partial charge in [0.05, 0.1) is 13.2 Å². The number of H-pyrrole nitrogens is 1. The Morgan fingerprint density at radius 3 is 2.69 bits per heavy atom. The molecule has 1 saturated carbocycles. The normalized spacial score (nSPS) is 20.5. The van der Waals surface area contributed by atoms with Crippen LogP contribution in [0.5, 0.6) is 0 Å². The molecule has 8 nitrogen and oxygen atoms in total. The Hall–Kier alpha value is -1.93. The molecule has 0 unspecified atom stereocenters. The molecule has 0 bridgehead atoms. The highest BCUT2D eigenvalue weighted by Gasteiger charge is 2.44. The lowest BCUT2D eigenvalue weighted by Gasteiger charge is -2.46. The maximum Gasteiger partial charge on any atom is 0.252 e. The second-order valence-corrected chi connectivity index (χ2v) is 7.11. The maximum absolute atomic E-state index is 13.0. The number of aromatic amines is 1. The Kier molecular flexibility index (Phi) is 6.26. The van der Waals surface area contributed by atoms with Gasteiger partial charge >= 0.3 is 0 Å². The summed E-state index contributed by atoms with van der Waals surface area (Å²) in [6.07, 6.45) is 5.22. The van der Waals surface area contributed by atoms with E-state index in [1.165, 1.54) is 12.5 Å². The van der Waals surface area contributed by atoms with E-state index in [-0.39, 0.29) is 11.5 Å². The minimum absolute atomic E-state index is 0.117. The van der Waals surface area contributed by atoms with Crippen molar-refractivity contribution in [1.82, 2.24) is 20.2 Å². The highest BCUT2D eigenvalue weighted by atomic mass is 16.5. The average Bonchev–Trinajstić information content (AvgIpc) is 2.65. The summed E-state index contributed by atoms with van der Waals surface area (Å²) >= 11 is 0. The van der Waals surface area contributed by atoms with Crippen LogP contribution >= 0.6 is 0 Å². The summed E-state index contributed by atoms with van der Waals surface area (Å²) in [6.45, 7) is 5.81. The zero-order chi connectivity index (χ0) is 18.4. The summed E-state index contributed by atoms with van der Waals surface area (Å²) in [7, 11) is 0. The quantitative estimate of drug-likeness (QED) is 0.642. The zero-order valence-corrected chi connectivity index (χ0v) is 15.5. The predicted molar refractivity (Wildman–Crippen MR) is 99.3 cm³/mol. The van der Waals surface area contributed by atoms with Crippen molar-refractivity contribution in [1.29, 1.82) is 0 Å². The monoisotopic (exact) mass is 363 g/mol. The molecule has 2 aliphatic rings. The van der Waals surface area contributed by atoms with Gasteiger partial charge in [-0.25, -0.2) is 4.98 Å². The van der Waals surface area contributed by atoms with E-state index in [1.54, 1.807) is 6.92 Å². The molecule has 1 saturated heterocycles. The fraction of sp³-hybridized carbons (Fsp3) is 0.722. The third-order valence-corrected chi connectivity index (χ3v) is 5.29. The zero-order valence-electron chi connectivity index (χ0n) is 15.5. The van der Waals surface area contributed by atoms with Gasteiger partial charge < -0.3 is 15.4 Å². The van der Waals surface area contributed by atoms with Crippen molar-refractivity contribution in [2.45, 2.75) is 44.6 Å². The molecule has 1 aliphatic heterocycles. The van der Waals surface area contributed by atoms with Gasteiger partial charge in [-0.05, 0) is 19.8 Å². The number of nitrogens with one attached hydrogen (secondary N) is 3. The van der Waals surface area contributed by atoms with Crippen molar-refractivity contribution in [2.75, 3.05) is 44.7 Å². The Balaban J connectivity index is 1.55. The van der Waals surface area contributed by atoms with E-state index in [9.17, 15) is 9.59 Å². The fourth-order valence-corrected chi connectivity index (χ4v) is 4.00. The largest absolute Gasteiger partial charge is 0.379 e. The van der Waals surface area contributed by atoms with Crippen LogP contribution in [0.1, 0.15) is 37.8 Å². The third-order valence-electron chi connectivity index (χ3n) is 5.29. The maximum atomic E-state index is 13.0. The van der Waals surface area contributed by atoms with Crippen molar-refractivity contribution in [3.05, 3.63) is 22.1 Å². The Bertz CT molecular complexity index is 663. The summed E-state index contributed by atoms with van der Waals surface area (Å²) in [5.41, 5.74) is 0.0871. The molecule has 144 valence electrons. The van der Waals surface area contributed by atoms with Crippen LogP contribution in [0.25, 0.3) is 0 Å². The molecule has 8 heteroatoms. The molecule has 2 heterocycles. The number of hydrogen-bond donors (Lipinski definition) is 3. The molecular weight excluding hydrogens is 334 g/mol. The minimum Gasteiger partial charge on any atom is -0.379 e. The van der Waals surface area contributed by atoms with Crippen LogP contribution in [0.4, 0.5) is 5.95 Å². The molecule has 0 aromatic carbocycles. The lowest BCUT2D eigenvalue weighted by molar-refractivity contribution is -0.140. The molecule has 1 amide bonds. The second-order valence-electron chi connectivity index (χ2n) is 7.11. The number of aryl methyl sites for hydroxylation is 1. The number of anilines is 1. The summed E-state index contributed by atoms with van der Waals surface area (Å²) in [6, 6.07) is 1.45. The number of nitrogens with zero attached hydrogens (tertiary/aromatic N) is 2. The molecule has 1 aromatic rings. The van der Waals surface area contributed by atoms with E-state index in [2.05, 4.69) is 25.5 Å². The van der Waals surface area contributed by atoms with Gasteiger partial charge in [-0.2, -0.15) is 0 Å². The molecule has 3 N–H and O–H groups in total. The van der Waals surface area contributed by atoms with Crippen LogP contribution in [0.2, 0.25) is 0 Å². The van der Waals surface area contributed by atoms with Gasteiger partial charge in [0, 0.05) is 37.9 Å². The van der Waals surface area contributed by atoms with Gasteiger partial charge in [0.2, 0.25) is 11.9 Å². The molecule has 1 aliphatic carbocycles. The van der Waals surface area contributed by atoms with E-state index < -0.39 is 5.54 Å². The van der Waals surface area contributed by atoms with Crippen molar-refractivity contribution in [3.8, 4) is 0 Å². The number of ether oxygens (including phenoxy) is 1. The standard InChI is InChI=1S/C18H29N5O3/c1-14-13-15(24)22-17(21-14)20-8-7-19-16(25)18(5-3-2-4-6-18)23-9-11-26-12-10-23/h13H,2-12H2,1H3,(H,19,25)(H2,20,21,22,24). The number of morpholine rings is 1. The lowest BCUT2D eigenvalue weighted by Crippen LogP contribution is -2.62. The number of rotatable bonds is 6. The molecule has 1 aromatic heterocycles. The van der Waals surface area contributed by atoms with Crippen LogP contribution in [0.3, 0.4) is 0 Å². The first-order chi connectivity index (χ1) is 12.6. The van der Waals surface area contributed by atoms with Gasteiger partial charge in [-0.3, -0.25) is 19.5 Å². The average molecular weight is 363 g/mol. The lowest BCUT2D eigenvalue weighted by atomic mass is 9.79. The number of hydrogen-bond acceptors (Lipinski definition) is 6. The van der Waals surface area contributed by atoms with Crippen LogP contribution in [-0.4, -0.2) is 65.7 Å². The van der Waals surface area contributed by atoms with Crippen LogP contribution in [0.15, 0.2) is 10.9 Å². The summed E-state index contributed by atoms with van der Waals surface area (Å²) in [5, 5.41) is 6.15. The summed E-state index contributed by atoms with van der Waals surface area (Å²) in [5.74, 6) is 0.552. The Labute approximate surface area is 153 Å².